The second kappa shape index (κ2) is 9.67. The monoisotopic (exact) mass is 501 g/mol. The number of aromatic nitrogens is 3. The SMILES string of the molecule is CC1=C(C(=O)Nc2cc(C)ccn2)[C@H](c2cnc3ccccc3n2)C2=C(C[C@@H](c3ccccc3)CC2=O)N1. The van der Waals surface area contributed by atoms with Crippen molar-refractivity contribution in [1.29, 1.82) is 0 Å². The van der Waals surface area contributed by atoms with Crippen LogP contribution in [0.5, 0.6) is 0 Å². The number of hydrogen-bond acceptors (Lipinski definition) is 6. The number of nitrogens with zero attached hydrogens (tertiary/aromatic N) is 3. The van der Waals surface area contributed by atoms with E-state index in [1.165, 1.54) is 0 Å². The fourth-order valence-corrected chi connectivity index (χ4v) is 5.50. The normalized spacial score (nSPS) is 19.3. The molecule has 188 valence electrons. The maximum atomic E-state index is 13.8. The third kappa shape index (κ3) is 4.36. The second-order valence-electron chi connectivity index (χ2n) is 9.88. The highest BCUT2D eigenvalue weighted by Gasteiger charge is 2.41. The minimum atomic E-state index is -0.641. The number of Topliss-reactive ketones (excluding diaryl/α,β-unsaturated/α-hetero) is 1. The number of benzene rings is 2. The molecule has 0 fully saturated rings. The smallest absolute Gasteiger partial charge is 0.255 e. The zero-order chi connectivity index (χ0) is 26.2. The van der Waals surface area contributed by atoms with Gasteiger partial charge in [-0.25, -0.2) is 9.97 Å². The van der Waals surface area contributed by atoms with E-state index < -0.39 is 5.92 Å². The Balaban J connectivity index is 1.45. The van der Waals surface area contributed by atoms with Crippen LogP contribution in [0.2, 0.25) is 0 Å². The summed E-state index contributed by atoms with van der Waals surface area (Å²) in [4.78, 5) is 41.4. The molecule has 1 amide bonds. The summed E-state index contributed by atoms with van der Waals surface area (Å²) in [5, 5.41) is 6.36. The summed E-state index contributed by atoms with van der Waals surface area (Å²) < 4.78 is 0. The number of fused-ring (bicyclic) bond motifs is 1. The van der Waals surface area contributed by atoms with Gasteiger partial charge in [0.15, 0.2) is 5.78 Å². The summed E-state index contributed by atoms with van der Waals surface area (Å²) in [5.74, 6) is -0.426. The zero-order valence-electron chi connectivity index (χ0n) is 21.2. The highest BCUT2D eigenvalue weighted by atomic mass is 16.2. The Morgan fingerprint density at radius 3 is 2.50 bits per heavy atom. The predicted octanol–water partition coefficient (Wildman–Crippen LogP) is 5.33. The zero-order valence-corrected chi connectivity index (χ0v) is 21.2. The van der Waals surface area contributed by atoms with Crippen LogP contribution in [0.4, 0.5) is 5.82 Å². The van der Waals surface area contributed by atoms with Crippen molar-refractivity contribution in [2.24, 2.45) is 0 Å². The molecule has 3 heterocycles. The summed E-state index contributed by atoms with van der Waals surface area (Å²) >= 11 is 0. The molecule has 4 aromatic rings. The van der Waals surface area contributed by atoms with Gasteiger partial charge in [-0.15, -0.1) is 0 Å². The molecule has 6 rings (SSSR count). The number of dihydropyridines is 1. The van der Waals surface area contributed by atoms with Crippen LogP contribution in [0.1, 0.15) is 48.4 Å². The molecule has 2 N–H and O–H groups in total. The predicted molar refractivity (Wildman–Crippen MR) is 146 cm³/mol. The van der Waals surface area contributed by atoms with Gasteiger partial charge in [-0.3, -0.25) is 14.6 Å². The third-order valence-corrected chi connectivity index (χ3v) is 7.26. The Labute approximate surface area is 220 Å². The van der Waals surface area contributed by atoms with Gasteiger partial charge in [0.1, 0.15) is 5.82 Å². The van der Waals surface area contributed by atoms with Crippen LogP contribution < -0.4 is 10.6 Å². The number of carbonyl (C=O) groups is 2. The summed E-state index contributed by atoms with van der Waals surface area (Å²) in [6, 6.07) is 21.4. The molecule has 0 saturated heterocycles. The molecule has 7 heteroatoms. The first-order valence-electron chi connectivity index (χ1n) is 12.7. The van der Waals surface area contributed by atoms with Gasteiger partial charge in [0.05, 0.1) is 28.8 Å². The van der Waals surface area contributed by atoms with Crippen LogP contribution >= 0.6 is 0 Å². The van der Waals surface area contributed by atoms with Gasteiger partial charge in [-0.2, -0.15) is 0 Å². The first-order valence-corrected chi connectivity index (χ1v) is 12.7. The fraction of sp³-hybridized carbons (Fsp3) is 0.194. The first-order chi connectivity index (χ1) is 18.5. The Hall–Kier alpha value is -4.65. The molecule has 2 aliphatic rings. The van der Waals surface area contributed by atoms with Gasteiger partial charge < -0.3 is 10.6 Å². The molecule has 2 aromatic carbocycles. The minimum Gasteiger partial charge on any atom is -0.362 e. The lowest BCUT2D eigenvalue weighted by atomic mass is 9.72. The molecule has 1 aliphatic heterocycles. The fourth-order valence-electron chi connectivity index (χ4n) is 5.50. The topological polar surface area (TPSA) is 96.9 Å². The molecule has 0 bridgehead atoms. The average molecular weight is 502 g/mol. The molecule has 1 aliphatic carbocycles. The van der Waals surface area contributed by atoms with Crippen LogP contribution in [-0.4, -0.2) is 26.6 Å². The van der Waals surface area contributed by atoms with Crippen molar-refractivity contribution in [3.8, 4) is 0 Å². The number of hydrogen-bond donors (Lipinski definition) is 2. The molecule has 0 saturated carbocycles. The van der Waals surface area contributed by atoms with Gasteiger partial charge in [0.25, 0.3) is 5.91 Å². The van der Waals surface area contributed by atoms with E-state index in [-0.39, 0.29) is 17.6 Å². The Morgan fingerprint density at radius 2 is 1.71 bits per heavy atom. The maximum Gasteiger partial charge on any atom is 0.255 e. The summed E-state index contributed by atoms with van der Waals surface area (Å²) in [7, 11) is 0. The van der Waals surface area contributed by atoms with Gasteiger partial charge in [-0.1, -0.05) is 42.5 Å². The summed E-state index contributed by atoms with van der Waals surface area (Å²) in [6.45, 7) is 3.82. The van der Waals surface area contributed by atoms with E-state index in [1.807, 2.05) is 68.4 Å². The molecule has 2 atom stereocenters. The molecule has 7 nitrogen and oxygen atoms in total. The van der Waals surface area contributed by atoms with Crippen LogP contribution in [0.25, 0.3) is 11.0 Å². The van der Waals surface area contributed by atoms with Gasteiger partial charge in [0.2, 0.25) is 0 Å². The van der Waals surface area contributed by atoms with Crippen LogP contribution in [-0.2, 0) is 9.59 Å². The van der Waals surface area contributed by atoms with Crippen LogP contribution in [0, 0.1) is 6.92 Å². The van der Waals surface area contributed by atoms with Crippen molar-refractivity contribution in [2.45, 2.75) is 38.5 Å². The first kappa shape index (κ1) is 23.7. The maximum absolute atomic E-state index is 13.8. The number of amides is 1. The Morgan fingerprint density at radius 1 is 0.947 bits per heavy atom. The number of carbonyl (C=O) groups excluding carboxylic acids is 2. The van der Waals surface area contributed by atoms with Crippen molar-refractivity contribution in [3.63, 3.8) is 0 Å². The highest BCUT2D eigenvalue weighted by Crippen LogP contribution is 2.45. The minimum absolute atomic E-state index is 0.0130. The highest BCUT2D eigenvalue weighted by molar-refractivity contribution is 6.09. The van der Waals surface area contributed by atoms with Gasteiger partial charge >= 0.3 is 0 Å². The van der Waals surface area contributed by atoms with E-state index in [9.17, 15) is 9.59 Å². The number of aryl methyl sites for hydroxylation is 1. The number of pyridine rings is 1. The molecule has 0 radical (unpaired) electrons. The Bertz CT molecular complexity index is 1640. The van der Waals surface area contributed by atoms with Crippen LogP contribution in [0.15, 0.2) is 102 Å². The second-order valence-corrected chi connectivity index (χ2v) is 9.88. The van der Waals surface area contributed by atoms with Crippen molar-refractivity contribution < 1.29 is 9.59 Å². The number of allylic oxidation sites excluding steroid dienone is 3. The van der Waals surface area contributed by atoms with E-state index in [1.54, 1.807) is 12.4 Å². The molecular weight excluding hydrogens is 474 g/mol. The number of para-hydroxylation sites is 2. The van der Waals surface area contributed by atoms with E-state index in [0.717, 1.165) is 22.3 Å². The number of anilines is 1. The largest absolute Gasteiger partial charge is 0.362 e. The summed E-state index contributed by atoms with van der Waals surface area (Å²) in [6.07, 6.45) is 4.39. The number of rotatable bonds is 4. The van der Waals surface area contributed by atoms with E-state index in [0.29, 0.717) is 46.7 Å². The van der Waals surface area contributed by atoms with Crippen molar-refractivity contribution in [1.82, 2.24) is 20.3 Å². The van der Waals surface area contributed by atoms with Crippen molar-refractivity contribution in [3.05, 3.63) is 118 Å². The van der Waals surface area contributed by atoms with E-state index in [2.05, 4.69) is 32.7 Å². The van der Waals surface area contributed by atoms with Crippen molar-refractivity contribution in [2.75, 3.05) is 5.32 Å². The quantitative estimate of drug-likeness (QED) is 0.392. The van der Waals surface area contributed by atoms with Gasteiger partial charge in [-0.05, 0) is 61.6 Å². The molecule has 0 unspecified atom stereocenters. The Kier molecular flexibility index (Phi) is 6.04. The van der Waals surface area contributed by atoms with E-state index >= 15 is 0 Å². The lowest BCUT2D eigenvalue weighted by Crippen LogP contribution is -2.37. The standard InChI is InChI=1S/C31H27N5O2/c1-18-12-13-32-27(14-18)36-31(38)28-19(2)34-24-15-21(20-8-4-3-5-9-20)16-26(37)29(24)30(28)25-17-33-22-10-6-7-11-23(22)35-25/h3-14,17,21,30,34H,15-16H2,1-2H3,(H,32,36,38)/t21-,30+/m1/s1. The van der Waals surface area contributed by atoms with Crippen LogP contribution in [0.3, 0.4) is 0 Å². The number of ketones is 1. The molecule has 2 aromatic heterocycles. The lowest BCUT2D eigenvalue weighted by Gasteiger charge is -2.36. The van der Waals surface area contributed by atoms with Crippen molar-refractivity contribution >= 4 is 28.5 Å². The third-order valence-electron chi connectivity index (χ3n) is 7.26. The lowest BCUT2D eigenvalue weighted by molar-refractivity contribution is -0.116. The molecular formula is C31H27N5O2. The molecule has 38 heavy (non-hydrogen) atoms. The van der Waals surface area contributed by atoms with Gasteiger partial charge in [0, 0.05) is 35.2 Å². The average Bonchev–Trinajstić information content (AvgIpc) is 2.92. The molecule has 0 spiro atoms. The van der Waals surface area contributed by atoms with E-state index in [4.69, 9.17) is 4.98 Å². The summed E-state index contributed by atoms with van der Waals surface area (Å²) in [5.41, 5.74) is 6.74. The number of nitrogens with one attached hydrogen (secondary N) is 2.